The number of hydrogen-bond donors (Lipinski definition) is 3. The van der Waals surface area contributed by atoms with Gasteiger partial charge in [0, 0.05) is 12.8 Å². The van der Waals surface area contributed by atoms with Crippen LogP contribution in [0.5, 0.6) is 0 Å². The van der Waals surface area contributed by atoms with Gasteiger partial charge in [0.1, 0.15) is 0 Å². The summed E-state index contributed by atoms with van der Waals surface area (Å²) in [4.78, 5) is 24.4. The van der Waals surface area contributed by atoms with Crippen molar-refractivity contribution >= 4 is 11.9 Å². The van der Waals surface area contributed by atoms with E-state index in [4.69, 9.17) is 4.74 Å². The van der Waals surface area contributed by atoms with Crippen molar-refractivity contribution < 1.29 is 24.5 Å². The number of esters is 1. The predicted molar refractivity (Wildman–Crippen MR) is 246 cm³/mol. The van der Waals surface area contributed by atoms with Crippen LogP contribution >= 0.6 is 0 Å². The fourth-order valence-corrected chi connectivity index (χ4v) is 7.57. The van der Waals surface area contributed by atoms with E-state index in [0.717, 1.165) is 83.5 Å². The molecule has 57 heavy (non-hydrogen) atoms. The van der Waals surface area contributed by atoms with Crippen LogP contribution in [0, 0.1) is 0 Å². The van der Waals surface area contributed by atoms with E-state index >= 15 is 0 Å². The van der Waals surface area contributed by atoms with Gasteiger partial charge in [0.15, 0.2) is 0 Å². The smallest absolute Gasteiger partial charge is 0.305 e. The maximum absolute atomic E-state index is 12.4. The maximum atomic E-state index is 12.4. The van der Waals surface area contributed by atoms with Gasteiger partial charge in [0.2, 0.25) is 5.91 Å². The van der Waals surface area contributed by atoms with Crippen LogP contribution in [0.4, 0.5) is 0 Å². The molecule has 0 saturated carbocycles. The van der Waals surface area contributed by atoms with E-state index in [9.17, 15) is 19.8 Å². The molecule has 0 aromatic heterocycles. The van der Waals surface area contributed by atoms with E-state index in [1.165, 1.54) is 148 Å². The van der Waals surface area contributed by atoms with Gasteiger partial charge in [-0.05, 0) is 77.0 Å². The second-order valence-corrected chi connectivity index (χ2v) is 17.1. The second-order valence-electron chi connectivity index (χ2n) is 17.1. The largest absolute Gasteiger partial charge is 0.466 e. The van der Waals surface area contributed by atoms with Gasteiger partial charge in [-0.15, -0.1) is 0 Å². The summed E-state index contributed by atoms with van der Waals surface area (Å²) in [7, 11) is 0. The number of amides is 1. The number of carbonyl (C=O) groups is 2. The Hall–Kier alpha value is -1.66. The first-order chi connectivity index (χ1) is 28.0. The number of aliphatic hydroxyl groups is 2. The number of unbranched alkanes of at least 4 members (excludes halogenated alkanes) is 31. The number of hydrogen-bond acceptors (Lipinski definition) is 5. The summed E-state index contributed by atoms with van der Waals surface area (Å²) in [6.07, 6.45) is 54.3. The standard InChI is InChI=1S/C51H97NO5/c1-3-5-7-9-11-13-15-17-19-21-25-29-33-37-41-45-51(56)57-46-42-38-34-30-26-22-24-28-32-36-40-44-50(55)52-48(47-53)49(54)43-39-35-31-27-23-20-18-16-14-12-10-8-6-4-2/h17,19,26,30,48-49,53-54H,3-16,18,20-25,27-29,31-47H2,1-2H3,(H,52,55)/b19-17-,30-26-. The van der Waals surface area contributed by atoms with Crippen molar-refractivity contribution in [3.8, 4) is 0 Å². The van der Waals surface area contributed by atoms with E-state index in [0.29, 0.717) is 25.9 Å². The van der Waals surface area contributed by atoms with E-state index in [1.54, 1.807) is 0 Å². The quantitative estimate of drug-likeness (QED) is 0.0324. The van der Waals surface area contributed by atoms with Crippen LogP contribution in [0.3, 0.4) is 0 Å². The van der Waals surface area contributed by atoms with E-state index < -0.39 is 12.1 Å². The Morgan fingerprint density at radius 2 is 0.825 bits per heavy atom. The van der Waals surface area contributed by atoms with E-state index in [-0.39, 0.29) is 18.5 Å². The van der Waals surface area contributed by atoms with Crippen molar-refractivity contribution in [1.82, 2.24) is 5.32 Å². The highest BCUT2D eigenvalue weighted by Crippen LogP contribution is 2.16. The van der Waals surface area contributed by atoms with Gasteiger partial charge in [-0.3, -0.25) is 9.59 Å². The summed E-state index contributed by atoms with van der Waals surface area (Å²) in [6, 6.07) is -0.562. The molecule has 0 bridgehead atoms. The first-order valence-electron chi connectivity index (χ1n) is 25.1. The number of nitrogens with one attached hydrogen (secondary N) is 1. The summed E-state index contributed by atoms with van der Waals surface area (Å²) in [6.45, 7) is 4.86. The molecule has 6 nitrogen and oxygen atoms in total. The zero-order valence-corrected chi connectivity index (χ0v) is 38.1. The minimum absolute atomic E-state index is 0.0393. The maximum Gasteiger partial charge on any atom is 0.305 e. The van der Waals surface area contributed by atoms with E-state index in [2.05, 4.69) is 43.5 Å². The van der Waals surface area contributed by atoms with Gasteiger partial charge in [0.05, 0.1) is 25.4 Å². The van der Waals surface area contributed by atoms with Crippen LogP contribution in [0.25, 0.3) is 0 Å². The van der Waals surface area contributed by atoms with Gasteiger partial charge < -0.3 is 20.3 Å². The lowest BCUT2D eigenvalue weighted by molar-refractivity contribution is -0.143. The van der Waals surface area contributed by atoms with E-state index in [1.807, 2.05) is 0 Å². The zero-order chi connectivity index (χ0) is 41.5. The van der Waals surface area contributed by atoms with Crippen molar-refractivity contribution in [2.45, 2.75) is 276 Å². The van der Waals surface area contributed by atoms with Crippen LogP contribution in [-0.2, 0) is 14.3 Å². The van der Waals surface area contributed by atoms with Crippen LogP contribution in [0.1, 0.15) is 264 Å². The average Bonchev–Trinajstić information content (AvgIpc) is 3.21. The summed E-state index contributed by atoms with van der Waals surface area (Å²) in [5.74, 6) is -0.104. The van der Waals surface area contributed by atoms with Crippen molar-refractivity contribution in [1.29, 1.82) is 0 Å². The summed E-state index contributed by atoms with van der Waals surface area (Å²) >= 11 is 0. The van der Waals surface area contributed by atoms with Crippen LogP contribution in [-0.4, -0.2) is 47.4 Å². The molecule has 0 heterocycles. The Balaban J connectivity index is 3.52. The molecule has 6 heteroatoms. The molecule has 0 aromatic rings. The lowest BCUT2D eigenvalue weighted by Gasteiger charge is -2.22. The molecule has 0 aliphatic carbocycles. The molecule has 0 rings (SSSR count). The van der Waals surface area contributed by atoms with Crippen molar-refractivity contribution in [3.05, 3.63) is 24.3 Å². The van der Waals surface area contributed by atoms with Crippen LogP contribution < -0.4 is 5.32 Å². The monoisotopic (exact) mass is 804 g/mol. The third-order valence-corrected chi connectivity index (χ3v) is 11.5. The minimum atomic E-state index is -0.682. The molecule has 0 aliphatic rings. The first kappa shape index (κ1) is 55.3. The predicted octanol–water partition coefficient (Wildman–Crippen LogP) is 14.7. The second kappa shape index (κ2) is 47.0. The zero-order valence-electron chi connectivity index (χ0n) is 38.1. The third-order valence-electron chi connectivity index (χ3n) is 11.5. The fourth-order valence-electron chi connectivity index (χ4n) is 7.57. The molecular weight excluding hydrogens is 707 g/mol. The van der Waals surface area contributed by atoms with Crippen molar-refractivity contribution in [3.63, 3.8) is 0 Å². The number of carbonyl (C=O) groups excluding carboxylic acids is 2. The minimum Gasteiger partial charge on any atom is -0.466 e. The molecule has 0 aliphatic heterocycles. The summed E-state index contributed by atoms with van der Waals surface area (Å²) < 4.78 is 5.43. The number of allylic oxidation sites excluding steroid dienone is 4. The molecule has 3 N–H and O–H groups in total. The highest BCUT2D eigenvalue weighted by atomic mass is 16.5. The normalized spacial score (nSPS) is 12.8. The molecule has 2 unspecified atom stereocenters. The SMILES string of the molecule is CCCCCCCC/C=C\CCCCCCCC(=O)OCCCC/C=C\CCCCCCCC(=O)NC(CO)C(O)CCCCCCCCCCCCCCCC. The number of rotatable bonds is 46. The Labute approximate surface area is 354 Å². The Morgan fingerprint density at radius 3 is 1.25 bits per heavy atom. The molecular formula is C51H97NO5. The van der Waals surface area contributed by atoms with Gasteiger partial charge in [-0.25, -0.2) is 0 Å². The highest BCUT2D eigenvalue weighted by Gasteiger charge is 2.20. The summed E-state index contributed by atoms with van der Waals surface area (Å²) in [5, 5.41) is 23.2. The Kier molecular flexibility index (Phi) is 45.7. The lowest BCUT2D eigenvalue weighted by Crippen LogP contribution is -2.45. The Morgan fingerprint density at radius 1 is 0.474 bits per heavy atom. The van der Waals surface area contributed by atoms with Gasteiger partial charge in [-0.1, -0.05) is 199 Å². The molecule has 0 radical (unpaired) electrons. The molecule has 0 spiro atoms. The lowest BCUT2D eigenvalue weighted by atomic mass is 10.0. The molecule has 0 saturated heterocycles. The van der Waals surface area contributed by atoms with Crippen LogP contribution in [0.2, 0.25) is 0 Å². The summed E-state index contributed by atoms with van der Waals surface area (Å²) in [5.41, 5.74) is 0. The first-order valence-corrected chi connectivity index (χ1v) is 25.1. The highest BCUT2D eigenvalue weighted by molar-refractivity contribution is 5.76. The topological polar surface area (TPSA) is 95.9 Å². The van der Waals surface area contributed by atoms with Crippen molar-refractivity contribution in [2.24, 2.45) is 0 Å². The van der Waals surface area contributed by atoms with Gasteiger partial charge in [-0.2, -0.15) is 0 Å². The molecule has 0 aromatic carbocycles. The number of ether oxygens (including phenoxy) is 1. The molecule has 1 amide bonds. The molecule has 2 atom stereocenters. The van der Waals surface area contributed by atoms with Crippen molar-refractivity contribution in [2.75, 3.05) is 13.2 Å². The van der Waals surface area contributed by atoms with Crippen LogP contribution in [0.15, 0.2) is 24.3 Å². The average molecular weight is 804 g/mol. The van der Waals surface area contributed by atoms with Gasteiger partial charge >= 0.3 is 5.97 Å². The number of aliphatic hydroxyl groups excluding tert-OH is 2. The Bertz CT molecular complexity index is 889. The molecule has 0 fully saturated rings. The molecule has 336 valence electrons. The third kappa shape index (κ3) is 43.7. The fraction of sp³-hybridized carbons (Fsp3) is 0.882. The van der Waals surface area contributed by atoms with Gasteiger partial charge in [0.25, 0.3) is 0 Å².